The predicted octanol–water partition coefficient (Wildman–Crippen LogP) is 2.26. The maximum absolute atomic E-state index is 13.8. The van der Waals surface area contributed by atoms with Gasteiger partial charge in [-0.15, -0.1) is 0 Å². The lowest BCUT2D eigenvalue weighted by molar-refractivity contribution is -0.115. The van der Waals surface area contributed by atoms with Gasteiger partial charge < -0.3 is 5.32 Å². The standard InChI is InChI=1S/C16H19ClFN5O/c1-23-16(21-15(22-23)10-5-7-19-8-6-10)20-14(24)9-11-12(17)3-2-4-13(11)18/h2-4,10,19H,5-9H2,1H3,(H,20,21,22,24). The van der Waals surface area contributed by atoms with Gasteiger partial charge in [0.15, 0.2) is 5.82 Å². The molecule has 1 aliphatic heterocycles. The Morgan fingerprint density at radius 2 is 2.21 bits per heavy atom. The molecule has 2 aromatic rings. The summed E-state index contributed by atoms with van der Waals surface area (Å²) in [6.45, 7) is 1.88. The molecule has 1 aromatic carbocycles. The molecule has 1 aromatic heterocycles. The van der Waals surface area contributed by atoms with Gasteiger partial charge in [-0.2, -0.15) is 10.1 Å². The number of hydrogen-bond donors (Lipinski definition) is 2. The minimum atomic E-state index is -0.494. The molecule has 128 valence electrons. The summed E-state index contributed by atoms with van der Waals surface area (Å²) in [7, 11) is 1.73. The highest BCUT2D eigenvalue weighted by molar-refractivity contribution is 6.31. The number of carbonyl (C=O) groups is 1. The largest absolute Gasteiger partial charge is 0.317 e. The van der Waals surface area contributed by atoms with E-state index in [1.807, 2.05) is 0 Å². The molecule has 0 radical (unpaired) electrons. The molecule has 0 spiro atoms. The molecule has 2 N–H and O–H groups in total. The SMILES string of the molecule is Cn1nc(C2CCNCC2)nc1NC(=O)Cc1c(F)cccc1Cl. The Bertz CT molecular complexity index is 722. The highest BCUT2D eigenvalue weighted by Gasteiger charge is 2.21. The smallest absolute Gasteiger partial charge is 0.231 e. The van der Waals surface area contributed by atoms with Crippen LogP contribution in [0, 0.1) is 5.82 Å². The maximum Gasteiger partial charge on any atom is 0.231 e. The second-order valence-corrected chi connectivity index (χ2v) is 6.27. The van der Waals surface area contributed by atoms with E-state index in [0.717, 1.165) is 31.8 Å². The van der Waals surface area contributed by atoms with E-state index in [-0.39, 0.29) is 22.9 Å². The zero-order chi connectivity index (χ0) is 17.1. The monoisotopic (exact) mass is 351 g/mol. The van der Waals surface area contributed by atoms with Gasteiger partial charge in [0.1, 0.15) is 5.82 Å². The zero-order valence-corrected chi connectivity index (χ0v) is 14.1. The van der Waals surface area contributed by atoms with Crippen molar-refractivity contribution in [3.05, 3.63) is 40.4 Å². The number of amides is 1. The summed E-state index contributed by atoms with van der Waals surface area (Å²) in [4.78, 5) is 16.6. The maximum atomic E-state index is 13.8. The van der Waals surface area contributed by atoms with Gasteiger partial charge >= 0.3 is 0 Å². The van der Waals surface area contributed by atoms with Crippen molar-refractivity contribution in [3.63, 3.8) is 0 Å². The van der Waals surface area contributed by atoms with Crippen molar-refractivity contribution < 1.29 is 9.18 Å². The summed E-state index contributed by atoms with van der Waals surface area (Å²) in [5.41, 5.74) is 0.178. The van der Waals surface area contributed by atoms with Gasteiger partial charge in [0, 0.05) is 23.6 Å². The Kier molecular flexibility index (Phi) is 5.11. The first kappa shape index (κ1) is 16.9. The van der Waals surface area contributed by atoms with Crippen molar-refractivity contribution >= 4 is 23.5 Å². The highest BCUT2D eigenvalue weighted by Crippen LogP contribution is 2.24. The lowest BCUT2D eigenvalue weighted by Gasteiger charge is -2.19. The summed E-state index contributed by atoms with van der Waals surface area (Å²) >= 11 is 5.95. The predicted molar refractivity (Wildman–Crippen MR) is 89.6 cm³/mol. The lowest BCUT2D eigenvalue weighted by Crippen LogP contribution is -2.27. The van der Waals surface area contributed by atoms with E-state index in [4.69, 9.17) is 11.6 Å². The molecule has 0 atom stereocenters. The number of halogens is 2. The first-order valence-corrected chi connectivity index (χ1v) is 8.27. The molecule has 2 heterocycles. The fourth-order valence-electron chi connectivity index (χ4n) is 2.80. The molecular weight excluding hydrogens is 333 g/mol. The molecule has 0 unspecified atom stereocenters. The van der Waals surface area contributed by atoms with Gasteiger partial charge in [0.2, 0.25) is 11.9 Å². The Labute approximate surface area is 144 Å². The number of aryl methyl sites for hydroxylation is 1. The average Bonchev–Trinajstić information content (AvgIpc) is 2.93. The van der Waals surface area contributed by atoms with Crippen LogP contribution >= 0.6 is 11.6 Å². The van der Waals surface area contributed by atoms with Crippen LogP contribution in [0.5, 0.6) is 0 Å². The number of piperidine rings is 1. The molecule has 3 rings (SSSR count). The number of aromatic nitrogens is 3. The summed E-state index contributed by atoms with van der Waals surface area (Å²) < 4.78 is 15.3. The number of anilines is 1. The first-order valence-electron chi connectivity index (χ1n) is 7.89. The van der Waals surface area contributed by atoms with Gasteiger partial charge in [-0.25, -0.2) is 9.07 Å². The van der Waals surface area contributed by atoms with Gasteiger partial charge in [0.25, 0.3) is 0 Å². The Hall–Kier alpha value is -1.99. The molecule has 24 heavy (non-hydrogen) atoms. The third-order valence-electron chi connectivity index (χ3n) is 4.13. The summed E-state index contributed by atoms with van der Waals surface area (Å²) in [6.07, 6.45) is 1.80. The lowest BCUT2D eigenvalue weighted by atomic mass is 9.98. The summed E-state index contributed by atoms with van der Waals surface area (Å²) in [5, 5.41) is 10.6. The van der Waals surface area contributed by atoms with Crippen LogP contribution in [0.2, 0.25) is 5.02 Å². The fourth-order valence-corrected chi connectivity index (χ4v) is 3.03. The van der Waals surface area contributed by atoms with Crippen LogP contribution in [0.1, 0.15) is 30.1 Å². The van der Waals surface area contributed by atoms with Crippen LogP contribution in [-0.4, -0.2) is 33.8 Å². The topological polar surface area (TPSA) is 71.8 Å². The highest BCUT2D eigenvalue weighted by atomic mass is 35.5. The minimum Gasteiger partial charge on any atom is -0.317 e. The Morgan fingerprint density at radius 1 is 1.46 bits per heavy atom. The molecule has 1 saturated heterocycles. The van der Waals surface area contributed by atoms with E-state index in [1.165, 1.54) is 16.8 Å². The summed E-state index contributed by atoms with van der Waals surface area (Å²) in [6, 6.07) is 4.35. The number of carbonyl (C=O) groups excluding carboxylic acids is 1. The number of hydrogen-bond acceptors (Lipinski definition) is 4. The van der Waals surface area contributed by atoms with Crippen LogP contribution in [-0.2, 0) is 18.3 Å². The second kappa shape index (κ2) is 7.27. The number of rotatable bonds is 4. The van der Waals surface area contributed by atoms with Crippen molar-refractivity contribution in [1.82, 2.24) is 20.1 Å². The fraction of sp³-hybridized carbons (Fsp3) is 0.438. The van der Waals surface area contributed by atoms with Crippen LogP contribution in [0.25, 0.3) is 0 Å². The molecule has 8 heteroatoms. The Balaban J connectivity index is 1.69. The molecular formula is C16H19ClFN5O. The van der Waals surface area contributed by atoms with Crippen molar-refractivity contribution in [3.8, 4) is 0 Å². The molecule has 6 nitrogen and oxygen atoms in total. The number of nitrogens with one attached hydrogen (secondary N) is 2. The van der Waals surface area contributed by atoms with E-state index >= 15 is 0 Å². The number of nitrogens with zero attached hydrogens (tertiary/aromatic N) is 3. The van der Waals surface area contributed by atoms with Gasteiger partial charge in [-0.1, -0.05) is 17.7 Å². The zero-order valence-electron chi connectivity index (χ0n) is 13.4. The molecule has 0 bridgehead atoms. The first-order chi connectivity index (χ1) is 11.5. The molecule has 1 fully saturated rings. The quantitative estimate of drug-likeness (QED) is 0.886. The van der Waals surface area contributed by atoms with Crippen molar-refractivity contribution in [2.45, 2.75) is 25.2 Å². The molecule has 0 aliphatic carbocycles. The van der Waals surface area contributed by atoms with Crippen molar-refractivity contribution in [1.29, 1.82) is 0 Å². The minimum absolute atomic E-state index is 0.152. The van der Waals surface area contributed by atoms with Crippen molar-refractivity contribution in [2.75, 3.05) is 18.4 Å². The van der Waals surface area contributed by atoms with Crippen LogP contribution < -0.4 is 10.6 Å². The third-order valence-corrected chi connectivity index (χ3v) is 4.49. The van der Waals surface area contributed by atoms with Crippen molar-refractivity contribution in [2.24, 2.45) is 7.05 Å². The number of benzene rings is 1. The molecule has 0 saturated carbocycles. The molecule has 1 amide bonds. The second-order valence-electron chi connectivity index (χ2n) is 5.87. The van der Waals surface area contributed by atoms with E-state index in [2.05, 4.69) is 20.7 Å². The van der Waals surface area contributed by atoms with Gasteiger partial charge in [-0.05, 0) is 38.1 Å². The van der Waals surface area contributed by atoms with Crippen LogP contribution in [0.3, 0.4) is 0 Å². The summed E-state index contributed by atoms with van der Waals surface area (Å²) in [5.74, 6) is 0.517. The van der Waals surface area contributed by atoms with E-state index in [9.17, 15) is 9.18 Å². The van der Waals surface area contributed by atoms with Crippen LogP contribution in [0.4, 0.5) is 10.3 Å². The van der Waals surface area contributed by atoms with E-state index in [0.29, 0.717) is 11.9 Å². The van der Waals surface area contributed by atoms with E-state index < -0.39 is 5.82 Å². The van der Waals surface area contributed by atoms with Gasteiger partial charge in [-0.3, -0.25) is 10.1 Å². The van der Waals surface area contributed by atoms with E-state index in [1.54, 1.807) is 13.1 Å². The average molecular weight is 352 g/mol. The van der Waals surface area contributed by atoms with Gasteiger partial charge in [0.05, 0.1) is 6.42 Å². The van der Waals surface area contributed by atoms with Crippen LogP contribution in [0.15, 0.2) is 18.2 Å². The normalized spacial score (nSPS) is 15.5. The molecule has 1 aliphatic rings. The Morgan fingerprint density at radius 3 is 2.92 bits per heavy atom. The third kappa shape index (κ3) is 3.73.